The fourth-order valence-electron chi connectivity index (χ4n) is 3.70. The summed E-state index contributed by atoms with van der Waals surface area (Å²) in [4.78, 5) is 15.9. The summed E-state index contributed by atoms with van der Waals surface area (Å²) < 4.78 is 37.1. The van der Waals surface area contributed by atoms with Crippen molar-refractivity contribution in [1.29, 1.82) is 0 Å². The monoisotopic (exact) mass is 418 g/mol. The third-order valence-electron chi connectivity index (χ3n) is 5.22. The Labute approximate surface area is 176 Å². The molecule has 0 amide bonds. The van der Waals surface area contributed by atoms with Crippen LogP contribution in [-0.4, -0.2) is 68.3 Å². The first kappa shape index (κ1) is 22.3. The summed E-state index contributed by atoms with van der Waals surface area (Å²) >= 11 is 0. The summed E-state index contributed by atoms with van der Waals surface area (Å²) in [6.45, 7) is 6.64. The number of nitrogens with zero attached hydrogens (tertiary/aromatic N) is 2. The second kappa shape index (κ2) is 11.2. The predicted molar refractivity (Wildman–Crippen MR) is 110 cm³/mol. The largest absolute Gasteiger partial charge is 0.464 e. The number of hydrogen-bond donors (Lipinski definition) is 0. The minimum atomic E-state index is -0.344. The third-order valence-corrected chi connectivity index (χ3v) is 5.22. The van der Waals surface area contributed by atoms with E-state index in [0.29, 0.717) is 13.2 Å². The molecular formula is C23H28F2N2O3. The van der Waals surface area contributed by atoms with Gasteiger partial charge in [0.15, 0.2) is 0 Å². The lowest BCUT2D eigenvalue weighted by atomic mass is 9.96. The first-order chi connectivity index (χ1) is 14.6. The summed E-state index contributed by atoms with van der Waals surface area (Å²) in [5.74, 6) is -0.891. The van der Waals surface area contributed by atoms with E-state index in [1.54, 1.807) is 31.2 Å². The van der Waals surface area contributed by atoms with Crippen LogP contribution < -0.4 is 0 Å². The molecule has 0 atom stereocenters. The second-order valence-electron chi connectivity index (χ2n) is 7.24. The first-order valence-corrected chi connectivity index (χ1v) is 10.3. The Balaban J connectivity index is 1.58. The number of piperazine rings is 1. The smallest absolute Gasteiger partial charge is 0.332 e. The number of carbonyl (C=O) groups is 1. The lowest BCUT2D eigenvalue weighted by molar-refractivity contribution is -0.148. The van der Waals surface area contributed by atoms with E-state index < -0.39 is 0 Å². The molecule has 5 nitrogen and oxygen atoms in total. The normalized spacial score (nSPS) is 15.5. The van der Waals surface area contributed by atoms with E-state index in [4.69, 9.17) is 9.47 Å². The van der Waals surface area contributed by atoms with E-state index in [9.17, 15) is 13.6 Å². The van der Waals surface area contributed by atoms with Crippen molar-refractivity contribution in [3.05, 3.63) is 71.3 Å². The lowest BCUT2D eigenvalue weighted by Crippen LogP contribution is -2.48. The third kappa shape index (κ3) is 6.32. The van der Waals surface area contributed by atoms with Crippen molar-refractivity contribution in [1.82, 2.24) is 9.80 Å². The van der Waals surface area contributed by atoms with Gasteiger partial charge < -0.3 is 9.47 Å². The van der Waals surface area contributed by atoms with Gasteiger partial charge >= 0.3 is 5.97 Å². The number of hydrogen-bond acceptors (Lipinski definition) is 5. The first-order valence-electron chi connectivity index (χ1n) is 10.3. The summed E-state index contributed by atoms with van der Waals surface area (Å²) in [6, 6.07) is 12.9. The molecule has 0 saturated carbocycles. The highest BCUT2D eigenvalue weighted by atomic mass is 19.1. The Morgan fingerprint density at radius 2 is 1.47 bits per heavy atom. The molecule has 162 valence electrons. The molecule has 0 unspecified atom stereocenters. The highest BCUT2D eigenvalue weighted by molar-refractivity contribution is 5.70. The average molecular weight is 418 g/mol. The molecule has 0 spiro atoms. The Bertz CT molecular complexity index is 746. The minimum absolute atomic E-state index is 0.0228. The van der Waals surface area contributed by atoms with Gasteiger partial charge in [-0.3, -0.25) is 9.80 Å². The van der Waals surface area contributed by atoms with Gasteiger partial charge in [-0.05, 0) is 42.3 Å². The molecule has 0 N–H and O–H groups in total. The van der Waals surface area contributed by atoms with Gasteiger partial charge in [0.1, 0.15) is 18.2 Å². The van der Waals surface area contributed by atoms with Gasteiger partial charge in [-0.15, -0.1) is 0 Å². The van der Waals surface area contributed by atoms with Gasteiger partial charge in [0, 0.05) is 32.7 Å². The maximum atomic E-state index is 13.4. The highest BCUT2D eigenvalue weighted by Crippen LogP contribution is 2.30. The van der Waals surface area contributed by atoms with E-state index in [1.807, 2.05) is 0 Å². The van der Waals surface area contributed by atoms with Crippen molar-refractivity contribution in [3.63, 3.8) is 0 Å². The van der Waals surface area contributed by atoms with Crippen LogP contribution in [-0.2, 0) is 14.3 Å². The van der Waals surface area contributed by atoms with E-state index in [2.05, 4.69) is 9.80 Å². The van der Waals surface area contributed by atoms with Crippen molar-refractivity contribution in [2.45, 2.75) is 13.0 Å². The number of benzene rings is 2. The van der Waals surface area contributed by atoms with Crippen LogP contribution in [0.1, 0.15) is 24.1 Å². The van der Waals surface area contributed by atoms with Gasteiger partial charge in [0.05, 0.1) is 19.3 Å². The average Bonchev–Trinajstić information content (AvgIpc) is 2.75. The molecule has 1 aliphatic rings. The zero-order valence-electron chi connectivity index (χ0n) is 17.2. The van der Waals surface area contributed by atoms with Gasteiger partial charge in [-0.2, -0.15) is 0 Å². The minimum Gasteiger partial charge on any atom is -0.464 e. The number of esters is 1. The number of rotatable bonds is 9. The molecule has 1 heterocycles. The molecule has 2 aromatic carbocycles. The Morgan fingerprint density at radius 3 is 1.97 bits per heavy atom. The van der Waals surface area contributed by atoms with Crippen LogP contribution in [0.4, 0.5) is 8.78 Å². The molecule has 7 heteroatoms. The number of carbonyl (C=O) groups excluding carboxylic acids is 1. The van der Waals surface area contributed by atoms with Crippen LogP contribution in [0, 0.1) is 11.6 Å². The maximum Gasteiger partial charge on any atom is 0.332 e. The van der Waals surface area contributed by atoms with Crippen LogP contribution in [0.25, 0.3) is 0 Å². The van der Waals surface area contributed by atoms with E-state index in [1.165, 1.54) is 24.3 Å². The molecule has 0 radical (unpaired) electrons. The molecule has 2 aromatic rings. The van der Waals surface area contributed by atoms with Gasteiger partial charge in [-0.25, -0.2) is 13.6 Å². The predicted octanol–water partition coefficient (Wildman–Crippen LogP) is 3.25. The molecule has 3 rings (SSSR count). The molecule has 0 aromatic heterocycles. The Kier molecular flexibility index (Phi) is 8.30. The van der Waals surface area contributed by atoms with E-state index in [-0.39, 0.29) is 30.3 Å². The van der Waals surface area contributed by atoms with Crippen LogP contribution in [0.2, 0.25) is 0 Å². The van der Waals surface area contributed by atoms with Crippen LogP contribution in [0.3, 0.4) is 0 Å². The van der Waals surface area contributed by atoms with Crippen molar-refractivity contribution in [3.8, 4) is 0 Å². The Hall–Kier alpha value is -2.35. The quantitative estimate of drug-likeness (QED) is 0.462. The molecule has 0 aliphatic carbocycles. The number of ether oxygens (including phenoxy) is 2. The maximum absolute atomic E-state index is 13.4. The molecule has 30 heavy (non-hydrogen) atoms. The van der Waals surface area contributed by atoms with Crippen molar-refractivity contribution in [2.75, 3.05) is 52.5 Å². The van der Waals surface area contributed by atoms with E-state index in [0.717, 1.165) is 43.9 Å². The van der Waals surface area contributed by atoms with E-state index >= 15 is 0 Å². The fourth-order valence-corrected chi connectivity index (χ4v) is 3.70. The van der Waals surface area contributed by atoms with Gasteiger partial charge in [0.25, 0.3) is 0 Å². The van der Waals surface area contributed by atoms with Crippen LogP contribution >= 0.6 is 0 Å². The highest BCUT2D eigenvalue weighted by Gasteiger charge is 2.26. The number of halogens is 2. The topological polar surface area (TPSA) is 42.0 Å². The summed E-state index contributed by atoms with van der Waals surface area (Å²) in [7, 11) is 0. The fraction of sp³-hybridized carbons (Fsp3) is 0.435. The second-order valence-corrected chi connectivity index (χ2v) is 7.24. The summed E-state index contributed by atoms with van der Waals surface area (Å²) in [5.41, 5.74) is 1.96. The Morgan fingerprint density at radius 1 is 0.933 bits per heavy atom. The van der Waals surface area contributed by atoms with Crippen molar-refractivity contribution < 1.29 is 23.0 Å². The summed E-state index contributed by atoms with van der Waals surface area (Å²) in [5, 5.41) is 0. The zero-order chi connectivity index (χ0) is 21.3. The van der Waals surface area contributed by atoms with Crippen molar-refractivity contribution >= 4 is 5.97 Å². The van der Waals surface area contributed by atoms with Gasteiger partial charge in [-0.1, -0.05) is 24.3 Å². The molecule has 1 aliphatic heterocycles. The molecule has 0 bridgehead atoms. The molecular weight excluding hydrogens is 390 g/mol. The SMILES string of the molecule is CCOC(=O)COCCN1CCN(C(c2ccc(F)cc2)c2ccc(F)cc2)CC1. The van der Waals surface area contributed by atoms with Gasteiger partial charge in [0.2, 0.25) is 0 Å². The molecule has 1 fully saturated rings. The molecule has 1 saturated heterocycles. The lowest BCUT2D eigenvalue weighted by Gasteiger charge is -2.39. The standard InChI is InChI=1S/C23H28F2N2O3/c1-2-30-22(28)17-29-16-15-26-11-13-27(14-12-26)23(18-3-7-20(24)8-4-18)19-5-9-21(25)10-6-19/h3-10,23H,2,11-17H2,1H3. The van der Waals surface area contributed by atoms with Crippen LogP contribution in [0.15, 0.2) is 48.5 Å². The van der Waals surface area contributed by atoms with Crippen molar-refractivity contribution in [2.24, 2.45) is 0 Å². The van der Waals surface area contributed by atoms with Crippen LogP contribution in [0.5, 0.6) is 0 Å². The zero-order valence-corrected chi connectivity index (χ0v) is 17.2. The summed E-state index contributed by atoms with van der Waals surface area (Å²) in [6.07, 6.45) is 0.